The lowest BCUT2D eigenvalue weighted by molar-refractivity contribution is -0.132. The summed E-state index contributed by atoms with van der Waals surface area (Å²) in [5, 5.41) is 4.21. The summed E-state index contributed by atoms with van der Waals surface area (Å²) in [4.78, 5) is 20.7. The number of carbonyl (C=O) groups is 1. The van der Waals surface area contributed by atoms with Crippen molar-refractivity contribution in [2.45, 2.75) is 45.7 Å². The van der Waals surface area contributed by atoms with E-state index in [1.165, 1.54) is 5.56 Å². The van der Waals surface area contributed by atoms with Gasteiger partial charge in [0.15, 0.2) is 0 Å². The molecule has 0 radical (unpaired) electrons. The predicted octanol–water partition coefficient (Wildman–Crippen LogP) is 1.64. The normalized spacial score (nSPS) is 18.0. The van der Waals surface area contributed by atoms with Gasteiger partial charge in [-0.15, -0.1) is 0 Å². The van der Waals surface area contributed by atoms with E-state index in [2.05, 4.69) is 21.2 Å². The van der Waals surface area contributed by atoms with Crippen molar-refractivity contribution in [3.63, 3.8) is 0 Å². The second kappa shape index (κ2) is 7.82. The minimum atomic E-state index is 0.0790. The number of amides is 1. The number of rotatable bonds is 7. The van der Waals surface area contributed by atoms with Gasteiger partial charge in [0.05, 0.1) is 18.9 Å². The third-order valence-corrected chi connectivity index (χ3v) is 4.82. The van der Waals surface area contributed by atoms with Gasteiger partial charge in [-0.1, -0.05) is 6.92 Å². The molecule has 7 nitrogen and oxygen atoms in total. The Morgan fingerprint density at radius 1 is 1.44 bits per heavy atom. The maximum Gasteiger partial charge on any atom is 0.220 e. The van der Waals surface area contributed by atoms with Gasteiger partial charge in [-0.25, -0.2) is 4.98 Å². The Kier molecular flexibility index (Phi) is 5.53. The third-order valence-electron chi connectivity index (χ3n) is 4.82. The highest BCUT2D eigenvalue weighted by atomic mass is 16.4. The first-order valence-electron chi connectivity index (χ1n) is 8.95. The lowest BCUT2D eigenvalue weighted by Crippen LogP contribution is -2.40. The first kappa shape index (κ1) is 17.7. The molecular formula is C18H27N5O2. The van der Waals surface area contributed by atoms with Gasteiger partial charge in [0.25, 0.3) is 0 Å². The van der Waals surface area contributed by atoms with Crippen molar-refractivity contribution in [1.29, 1.82) is 0 Å². The summed E-state index contributed by atoms with van der Waals surface area (Å²) in [5.74, 6) is 1.57. The largest absolute Gasteiger partial charge is 0.444 e. The fourth-order valence-electron chi connectivity index (χ4n) is 3.39. The molecule has 3 heterocycles. The monoisotopic (exact) mass is 345 g/mol. The summed E-state index contributed by atoms with van der Waals surface area (Å²) in [5.41, 5.74) is 1.25. The van der Waals surface area contributed by atoms with Gasteiger partial charge in [0, 0.05) is 52.3 Å². The molecule has 1 atom stereocenters. The van der Waals surface area contributed by atoms with Crippen LogP contribution in [0.2, 0.25) is 0 Å². The molecule has 0 N–H and O–H groups in total. The second-order valence-corrected chi connectivity index (χ2v) is 6.74. The van der Waals surface area contributed by atoms with E-state index in [0.29, 0.717) is 12.4 Å². The van der Waals surface area contributed by atoms with Gasteiger partial charge in [0.2, 0.25) is 11.8 Å². The fourth-order valence-corrected chi connectivity index (χ4v) is 3.39. The minimum absolute atomic E-state index is 0.0790. The number of aryl methyl sites for hydroxylation is 2. The fraction of sp³-hybridized carbons (Fsp3) is 0.611. The summed E-state index contributed by atoms with van der Waals surface area (Å²) >= 11 is 0. The van der Waals surface area contributed by atoms with Gasteiger partial charge < -0.3 is 14.2 Å². The predicted molar refractivity (Wildman–Crippen MR) is 93.9 cm³/mol. The molecule has 3 rings (SSSR count). The molecule has 1 saturated heterocycles. The minimum Gasteiger partial charge on any atom is -0.444 e. The topological polar surface area (TPSA) is 67.4 Å². The van der Waals surface area contributed by atoms with E-state index < -0.39 is 0 Å². The van der Waals surface area contributed by atoms with E-state index in [1.54, 1.807) is 13.1 Å². The molecule has 1 unspecified atom stereocenters. The van der Waals surface area contributed by atoms with Crippen molar-refractivity contribution in [1.82, 2.24) is 24.6 Å². The molecule has 1 aliphatic rings. The average Bonchev–Trinajstić information content (AvgIpc) is 3.31. The number of nitrogens with zero attached hydrogens (tertiary/aromatic N) is 5. The van der Waals surface area contributed by atoms with Crippen LogP contribution >= 0.6 is 0 Å². The standard InChI is InChI=1S/C18H27N5O2/c1-4-17-10-19-18(25-17)13-23(14(2)24)16-6-8-22(12-16)7-5-15-9-20-21(3)11-15/h9-11,16H,4-8,12-13H2,1-3H3. The van der Waals surface area contributed by atoms with Crippen LogP contribution in [-0.2, 0) is 31.2 Å². The molecule has 7 heteroatoms. The number of likely N-dealkylation sites (tertiary alicyclic amines) is 1. The zero-order chi connectivity index (χ0) is 17.8. The number of hydrogen-bond acceptors (Lipinski definition) is 5. The molecule has 136 valence electrons. The number of oxazole rings is 1. The molecule has 1 fully saturated rings. The van der Waals surface area contributed by atoms with Crippen LogP contribution in [-0.4, -0.2) is 56.1 Å². The lowest BCUT2D eigenvalue weighted by atomic mass is 10.2. The smallest absolute Gasteiger partial charge is 0.220 e. The molecule has 0 bridgehead atoms. The average molecular weight is 345 g/mol. The Labute approximate surface area is 148 Å². The summed E-state index contributed by atoms with van der Waals surface area (Å²) in [6, 6.07) is 0.225. The van der Waals surface area contributed by atoms with E-state index in [-0.39, 0.29) is 11.9 Å². The van der Waals surface area contributed by atoms with Crippen LogP contribution in [0.25, 0.3) is 0 Å². The van der Waals surface area contributed by atoms with Crippen LogP contribution in [0.3, 0.4) is 0 Å². The maximum atomic E-state index is 12.1. The third kappa shape index (κ3) is 4.48. The Balaban J connectivity index is 1.54. The van der Waals surface area contributed by atoms with E-state index in [1.807, 2.05) is 29.7 Å². The number of hydrogen-bond donors (Lipinski definition) is 0. The Morgan fingerprint density at radius 2 is 2.28 bits per heavy atom. The zero-order valence-electron chi connectivity index (χ0n) is 15.3. The van der Waals surface area contributed by atoms with E-state index >= 15 is 0 Å². The van der Waals surface area contributed by atoms with Crippen LogP contribution < -0.4 is 0 Å². The van der Waals surface area contributed by atoms with Gasteiger partial charge in [-0.3, -0.25) is 9.48 Å². The van der Waals surface area contributed by atoms with Crippen LogP contribution in [0.4, 0.5) is 0 Å². The van der Waals surface area contributed by atoms with Gasteiger partial charge in [0.1, 0.15) is 5.76 Å². The lowest BCUT2D eigenvalue weighted by Gasteiger charge is -2.27. The molecule has 2 aromatic heterocycles. The molecule has 0 aliphatic carbocycles. The molecule has 0 aromatic carbocycles. The molecule has 2 aromatic rings. The molecular weight excluding hydrogens is 318 g/mol. The molecule has 0 spiro atoms. The van der Waals surface area contributed by atoms with Crippen molar-refractivity contribution in [3.8, 4) is 0 Å². The SMILES string of the molecule is CCc1cnc(CN(C(C)=O)C2CCN(CCc3cnn(C)c3)C2)o1. The highest BCUT2D eigenvalue weighted by Gasteiger charge is 2.30. The number of carbonyl (C=O) groups excluding carboxylic acids is 1. The Hall–Kier alpha value is -2.15. The van der Waals surface area contributed by atoms with Crippen molar-refractivity contribution < 1.29 is 9.21 Å². The van der Waals surface area contributed by atoms with Gasteiger partial charge in [-0.2, -0.15) is 5.10 Å². The molecule has 0 saturated carbocycles. The Morgan fingerprint density at radius 3 is 2.92 bits per heavy atom. The second-order valence-electron chi connectivity index (χ2n) is 6.74. The van der Waals surface area contributed by atoms with Gasteiger partial charge in [-0.05, 0) is 18.4 Å². The summed E-state index contributed by atoms with van der Waals surface area (Å²) in [6.45, 7) is 7.02. The summed E-state index contributed by atoms with van der Waals surface area (Å²) in [6.07, 6.45) is 8.53. The van der Waals surface area contributed by atoms with Crippen LogP contribution in [0.15, 0.2) is 23.0 Å². The maximum absolute atomic E-state index is 12.1. The molecule has 1 aliphatic heterocycles. The van der Waals surface area contributed by atoms with Crippen LogP contribution in [0.1, 0.15) is 37.5 Å². The van der Waals surface area contributed by atoms with E-state index in [4.69, 9.17) is 4.42 Å². The van der Waals surface area contributed by atoms with Crippen LogP contribution in [0, 0.1) is 0 Å². The molecule has 25 heavy (non-hydrogen) atoms. The van der Waals surface area contributed by atoms with Crippen molar-refractivity contribution in [2.75, 3.05) is 19.6 Å². The first-order chi connectivity index (χ1) is 12.0. The van der Waals surface area contributed by atoms with E-state index in [9.17, 15) is 4.79 Å². The zero-order valence-corrected chi connectivity index (χ0v) is 15.3. The highest BCUT2D eigenvalue weighted by molar-refractivity contribution is 5.73. The first-order valence-corrected chi connectivity index (χ1v) is 8.95. The quantitative estimate of drug-likeness (QED) is 0.763. The van der Waals surface area contributed by atoms with E-state index in [0.717, 1.165) is 44.7 Å². The molecule has 1 amide bonds. The highest BCUT2D eigenvalue weighted by Crippen LogP contribution is 2.19. The van der Waals surface area contributed by atoms with Crippen LogP contribution in [0.5, 0.6) is 0 Å². The van der Waals surface area contributed by atoms with Crippen molar-refractivity contribution in [3.05, 3.63) is 35.8 Å². The summed E-state index contributed by atoms with van der Waals surface area (Å²) in [7, 11) is 1.94. The van der Waals surface area contributed by atoms with Crippen molar-refractivity contribution >= 4 is 5.91 Å². The summed E-state index contributed by atoms with van der Waals surface area (Å²) < 4.78 is 7.51. The van der Waals surface area contributed by atoms with Gasteiger partial charge >= 0.3 is 0 Å². The van der Waals surface area contributed by atoms with Crippen molar-refractivity contribution in [2.24, 2.45) is 7.05 Å². The number of aromatic nitrogens is 3. The Bertz CT molecular complexity index is 708.